The summed E-state index contributed by atoms with van der Waals surface area (Å²) < 4.78 is 0. The highest BCUT2D eigenvalue weighted by Gasteiger charge is 2.20. The molecule has 0 saturated heterocycles. The van der Waals surface area contributed by atoms with E-state index in [2.05, 4.69) is 34.6 Å². The molecule has 5 nitrogen and oxygen atoms in total. The third-order valence-corrected chi connectivity index (χ3v) is 4.13. The van der Waals surface area contributed by atoms with E-state index in [0.717, 1.165) is 30.4 Å². The van der Waals surface area contributed by atoms with Crippen molar-refractivity contribution in [2.45, 2.75) is 64.8 Å². The number of rotatable bonds is 6. The lowest BCUT2D eigenvalue weighted by molar-refractivity contribution is 0.328. The van der Waals surface area contributed by atoms with Crippen LogP contribution in [0.4, 0.5) is 11.6 Å². The van der Waals surface area contributed by atoms with Crippen LogP contribution in [0.2, 0.25) is 0 Å². The van der Waals surface area contributed by atoms with E-state index in [9.17, 15) is 0 Å². The Morgan fingerprint density at radius 1 is 1.25 bits per heavy atom. The Bertz CT molecular complexity index is 415. The van der Waals surface area contributed by atoms with Crippen LogP contribution >= 0.6 is 0 Å². The third-order valence-electron chi connectivity index (χ3n) is 4.13. The highest BCUT2D eigenvalue weighted by molar-refractivity contribution is 5.47. The Kier molecular flexibility index (Phi) is 5.59. The molecule has 1 saturated carbocycles. The Morgan fingerprint density at radius 3 is 2.60 bits per heavy atom. The van der Waals surface area contributed by atoms with Gasteiger partial charge in [-0.2, -0.15) is 0 Å². The van der Waals surface area contributed by atoms with Gasteiger partial charge in [-0.25, -0.2) is 15.8 Å². The van der Waals surface area contributed by atoms with Crippen molar-refractivity contribution in [3.63, 3.8) is 0 Å². The van der Waals surface area contributed by atoms with Crippen LogP contribution in [-0.2, 0) is 6.42 Å². The molecule has 0 bridgehead atoms. The molecule has 1 fully saturated rings. The average molecular weight is 277 g/mol. The minimum absolute atomic E-state index is 0.449. The number of anilines is 2. The molecule has 1 aromatic rings. The summed E-state index contributed by atoms with van der Waals surface area (Å²) in [5.41, 5.74) is 2.63. The van der Waals surface area contributed by atoms with Gasteiger partial charge in [0.2, 0.25) is 0 Å². The monoisotopic (exact) mass is 277 g/mol. The molecule has 1 aliphatic carbocycles. The Balaban J connectivity index is 2.04. The van der Waals surface area contributed by atoms with Gasteiger partial charge in [-0.05, 0) is 32.1 Å². The summed E-state index contributed by atoms with van der Waals surface area (Å²) in [5.74, 6) is 8.66. The first-order valence-electron chi connectivity index (χ1n) is 7.84. The van der Waals surface area contributed by atoms with E-state index in [1.807, 2.05) is 6.07 Å². The maximum atomic E-state index is 5.49. The van der Waals surface area contributed by atoms with Crippen LogP contribution in [0, 0.1) is 5.92 Å². The van der Waals surface area contributed by atoms with Crippen molar-refractivity contribution in [2.75, 3.05) is 10.7 Å². The molecule has 0 spiro atoms. The van der Waals surface area contributed by atoms with Crippen LogP contribution in [0.15, 0.2) is 6.07 Å². The Hall–Kier alpha value is -1.36. The molecule has 1 aliphatic rings. The molecule has 0 radical (unpaired) electrons. The van der Waals surface area contributed by atoms with Crippen LogP contribution in [0.3, 0.4) is 0 Å². The zero-order valence-electron chi connectivity index (χ0n) is 12.7. The van der Waals surface area contributed by atoms with Crippen LogP contribution in [-0.4, -0.2) is 16.0 Å². The zero-order chi connectivity index (χ0) is 14.4. The first-order valence-corrected chi connectivity index (χ1v) is 7.84. The summed E-state index contributed by atoms with van der Waals surface area (Å²) in [5, 5.41) is 3.54. The van der Waals surface area contributed by atoms with Crippen LogP contribution in [0.1, 0.15) is 58.2 Å². The SMILES string of the molecule is CCCc1nc(NN)cc(NC(C)C2CCCCC2)n1. The number of aryl methyl sites for hydroxylation is 1. The molecule has 20 heavy (non-hydrogen) atoms. The van der Waals surface area contributed by atoms with E-state index in [0.29, 0.717) is 11.9 Å². The smallest absolute Gasteiger partial charge is 0.145 e. The van der Waals surface area contributed by atoms with Crippen molar-refractivity contribution in [3.8, 4) is 0 Å². The van der Waals surface area contributed by atoms with E-state index < -0.39 is 0 Å². The maximum absolute atomic E-state index is 5.49. The van der Waals surface area contributed by atoms with E-state index >= 15 is 0 Å². The highest BCUT2D eigenvalue weighted by Crippen LogP contribution is 2.28. The molecule has 0 amide bonds. The number of nitrogens with two attached hydrogens (primary N) is 1. The van der Waals surface area contributed by atoms with E-state index in [4.69, 9.17) is 5.84 Å². The topological polar surface area (TPSA) is 75.9 Å². The van der Waals surface area contributed by atoms with Crippen molar-refractivity contribution >= 4 is 11.6 Å². The van der Waals surface area contributed by atoms with Gasteiger partial charge < -0.3 is 10.7 Å². The van der Waals surface area contributed by atoms with E-state index in [-0.39, 0.29) is 0 Å². The number of nitrogens with zero attached hydrogens (tertiary/aromatic N) is 2. The number of nitrogens with one attached hydrogen (secondary N) is 2. The molecule has 1 unspecified atom stereocenters. The number of hydrazine groups is 1. The van der Waals surface area contributed by atoms with Gasteiger partial charge in [-0.1, -0.05) is 26.2 Å². The van der Waals surface area contributed by atoms with Gasteiger partial charge in [-0.3, -0.25) is 0 Å². The van der Waals surface area contributed by atoms with Gasteiger partial charge in [0.15, 0.2) is 0 Å². The van der Waals surface area contributed by atoms with Crippen molar-refractivity contribution in [2.24, 2.45) is 11.8 Å². The lowest BCUT2D eigenvalue weighted by Crippen LogP contribution is -2.28. The minimum atomic E-state index is 0.449. The lowest BCUT2D eigenvalue weighted by atomic mass is 9.84. The highest BCUT2D eigenvalue weighted by atomic mass is 15.3. The molecule has 2 rings (SSSR count). The molecular weight excluding hydrogens is 250 g/mol. The second kappa shape index (κ2) is 7.43. The summed E-state index contributed by atoms with van der Waals surface area (Å²) in [7, 11) is 0. The fourth-order valence-corrected chi connectivity index (χ4v) is 2.97. The zero-order valence-corrected chi connectivity index (χ0v) is 12.7. The van der Waals surface area contributed by atoms with Crippen molar-refractivity contribution in [1.82, 2.24) is 9.97 Å². The van der Waals surface area contributed by atoms with Gasteiger partial charge >= 0.3 is 0 Å². The molecule has 1 atom stereocenters. The lowest BCUT2D eigenvalue weighted by Gasteiger charge is -2.28. The number of nitrogen functional groups attached to an aromatic ring is 1. The Morgan fingerprint density at radius 2 is 1.95 bits per heavy atom. The molecule has 1 heterocycles. The molecule has 5 heteroatoms. The average Bonchev–Trinajstić information content (AvgIpc) is 2.48. The van der Waals surface area contributed by atoms with Crippen LogP contribution in [0.5, 0.6) is 0 Å². The molecule has 4 N–H and O–H groups in total. The van der Waals surface area contributed by atoms with Gasteiger partial charge in [0.1, 0.15) is 17.5 Å². The third kappa shape index (κ3) is 4.07. The molecule has 0 aromatic carbocycles. The quantitative estimate of drug-likeness (QED) is 0.550. The van der Waals surface area contributed by atoms with Crippen LogP contribution in [0.25, 0.3) is 0 Å². The second-order valence-electron chi connectivity index (χ2n) is 5.78. The largest absolute Gasteiger partial charge is 0.367 e. The molecule has 0 aliphatic heterocycles. The maximum Gasteiger partial charge on any atom is 0.145 e. The van der Waals surface area contributed by atoms with Gasteiger partial charge in [0.05, 0.1) is 0 Å². The first kappa shape index (κ1) is 15.0. The number of aromatic nitrogens is 2. The summed E-state index contributed by atoms with van der Waals surface area (Å²) >= 11 is 0. The fourth-order valence-electron chi connectivity index (χ4n) is 2.97. The standard InChI is InChI=1S/C15H27N5/c1-3-7-13-18-14(10-15(19-13)20-16)17-11(2)12-8-5-4-6-9-12/h10-12H,3-9,16H2,1-2H3,(H2,17,18,19,20). The van der Waals surface area contributed by atoms with E-state index in [1.165, 1.54) is 32.1 Å². The predicted octanol–water partition coefficient (Wildman–Crippen LogP) is 3.10. The summed E-state index contributed by atoms with van der Waals surface area (Å²) in [6.07, 6.45) is 8.66. The molecule has 112 valence electrons. The van der Waals surface area contributed by atoms with Gasteiger partial charge in [0.25, 0.3) is 0 Å². The number of hydrogen-bond acceptors (Lipinski definition) is 5. The summed E-state index contributed by atoms with van der Waals surface area (Å²) in [6, 6.07) is 2.34. The molecule has 1 aromatic heterocycles. The Labute approximate surface area is 121 Å². The minimum Gasteiger partial charge on any atom is -0.367 e. The summed E-state index contributed by atoms with van der Waals surface area (Å²) in [6.45, 7) is 4.39. The van der Waals surface area contributed by atoms with Gasteiger partial charge in [-0.15, -0.1) is 0 Å². The normalized spacial score (nSPS) is 17.8. The molecular formula is C15H27N5. The number of hydrogen-bond donors (Lipinski definition) is 3. The van der Waals surface area contributed by atoms with Crippen molar-refractivity contribution < 1.29 is 0 Å². The second-order valence-corrected chi connectivity index (χ2v) is 5.78. The first-order chi connectivity index (χ1) is 9.72. The van der Waals surface area contributed by atoms with Crippen molar-refractivity contribution in [3.05, 3.63) is 11.9 Å². The van der Waals surface area contributed by atoms with Crippen LogP contribution < -0.4 is 16.6 Å². The van der Waals surface area contributed by atoms with Crippen molar-refractivity contribution in [1.29, 1.82) is 0 Å². The van der Waals surface area contributed by atoms with E-state index in [1.54, 1.807) is 0 Å². The van der Waals surface area contributed by atoms with Gasteiger partial charge in [0, 0.05) is 18.5 Å². The predicted molar refractivity (Wildman–Crippen MR) is 83.5 cm³/mol. The fraction of sp³-hybridized carbons (Fsp3) is 0.733. The summed E-state index contributed by atoms with van der Waals surface area (Å²) in [4.78, 5) is 8.96.